The first-order valence-corrected chi connectivity index (χ1v) is 9.45. The van der Waals surface area contributed by atoms with Gasteiger partial charge in [0, 0.05) is 16.9 Å². The van der Waals surface area contributed by atoms with Gasteiger partial charge in [0.2, 0.25) is 0 Å². The molecule has 0 fully saturated rings. The number of nitrogens with zero attached hydrogens (tertiary/aromatic N) is 1. The molecule has 1 unspecified atom stereocenters. The molecule has 146 valence electrons. The van der Waals surface area contributed by atoms with Gasteiger partial charge in [0.05, 0.1) is 13.0 Å². The highest BCUT2D eigenvalue weighted by Gasteiger charge is 2.19. The molecule has 0 radical (unpaired) electrons. The number of carboxylic acid groups (broad SMARTS) is 1. The third-order valence-corrected chi connectivity index (χ3v) is 4.86. The second-order valence-corrected chi connectivity index (χ2v) is 7.79. The fourth-order valence-corrected chi connectivity index (χ4v) is 3.54. The molecule has 1 aromatic rings. The van der Waals surface area contributed by atoms with Gasteiger partial charge in [-0.25, -0.2) is 0 Å². The summed E-state index contributed by atoms with van der Waals surface area (Å²) in [5.74, 6) is -0.144. The molecule has 0 aliphatic carbocycles. The first-order valence-electron chi connectivity index (χ1n) is 9.07. The van der Waals surface area contributed by atoms with Crippen molar-refractivity contribution >= 4 is 23.1 Å². The maximum Gasteiger partial charge on any atom is 0.307 e. The number of halogens is 1. The lowest BCUT2D eigenvalue weighted by atomic mass is 9.92. The van der Waals surface area contributed by atoms with Crippen LogP contribution in [0.3, 0.4) is 0 Å². The highest BCUT2D eigenvalue weighted by molar-refractivity contribution is 6.29. The lowest BCUT2D eigenvalue weighted by molar-refractivity contribution is -0.136. The summed E-state index contributed by atoms with van der Waals surface area (Å²) in [7, 11) is 0. The van der Waals surface area contributed by atoms with Crippen LogP contribution in [0.1, 0.15) is 48.7 Å². The van der Waals surface area contributed by atoms with Crippen molar-refractivity contribution in [2.75, 3.05) is 0 Å². The number of ether oxygens (including phenoxy) is 1. The Balaban J connectivity index is 2.97. The zero-order chi connectivity index (χ0) is 20.3. The molecule has 0 saturated carbocycles. The molecule has 5 heteroatoms. The van der Waals surface area contributed by atoms with E-state index in [0.29, 0.717) is 5.03 Å². The lowest BCUT2D eigenvalue weighted by Crippen LogP contribution is -2.24. The van der Waals surface area contributed by atoms with Crippen LogP contribution in [0.2, 0.25) is 0 Å². The van der Waals surface area contributed by atoms with Crippen LogP contribution in [0.15, 0.2) is 29.4 Å². The molecule has 2 bridgehead atoms. The van der Waals surface area contributed by atoms with E-state index in [9.17, 15) is 9.90 Å². The van der Waals surface area contributed by atoms with E-state index in [1.807, 2.05) is 53.0 Å². The van der Waals surface area contributed by atoms with Crippen molar-refractivity contribution in [1.29, 1.82) is 0 Å². The fraction of sp³-hybridized carbons (Fsp3) is 0.409. The minimum absolute atomic E-state index is 0.0229. The van der Waals surface area contributed by atoms with E-state index < -0.39 is 5.97 Å². The van der Waals surface area contributed by atoms with Crippen molar-refractivity contribution in [2.45, 2.75) is 60.6 Å². The zero-order valence-electron chi connectivity index (χ0n) is 16.9. The molecule has 1 N–H and O–H groups in total. The van der Waals surface area contributed by atoms with Crippen LogP contribution in [0, 0.1) is 20.8 Å². The largest absolute Gasteiger partial charge is 0.487 e. The molecule has 1 atom stereocenters. The predicted octanol–water partition coefficient (Wildman–Crippen LogP) is 5.49. The average molecular weight is 390 g/mol. The summed E-state index contributed by atoms with van der Waals surface area (Å²) in [6.45, 7) is 12.6. The van der Waals surface area contributed by atoms with E-state index in [-0.39, 0.29) is 12.5 Å². The first-order chi connectivity index (χ1) is 12.6. The number of fused-ring (bicyclic) bond motifs is 2. The molecule has 0 spiro atoms. The topological polar surface area (TPSA) is 51.5 Å². The highest BCUT2D eigenvalue weighted by Crippen LogP contribution is 2.31. The number of aliphatic carboxylic acids is 1. The Morgan fingerprint density at radius 2 is 2.00 bits per heavy atom. The number of carboxylic acids is 1. The SMILES string of the molecule is C/C(Cl)=C\C=C(/C)c1c(C)cc(C)n2cc(c(C)c1CC(=O)O)OC(C)C2. The summed E-state index contributed by atoms with van der Waals surface area (Å²) in [4.78, 5) is 11.6. The maximum atomic E-state index is 11.6. The van der Waals surface area contributed by atoms with E-state index >= 15 is 0 Å². The molecule has 0 amide bonds. The van der Waals surface area contributed by atoms with Crippen molar-refractivity contribution < 1.29 is 14.6 Å². The molecule has 1 aliphatic heterocycles. The van der Waals surface area contributed by atoms with Gasteiger partial charge >= 0.3 is 5.97 Å². The monoisotopic (exact) mass is 389 g/mol. The third-order valence-electron chi connectivity index (χ3n) is 4.74. The van der Waals surface area contributed by atoms with Gasteiger partial charge in [0.25, 0.3) is 0 Å². The number of allylic oxidation sites excluding steroid dienone is 4. The quantitative estimate of drug-likeness (QED) is 0.692. The number of rotatable bonds is 4. The number of carbonyl (C=O) groups is 1. The van der Waals surface area contributed by atoms with Crippen LogP contribution in [0.4, 0.5) is 0 Å². The molecule has 2 heterocycles. The Kier molecular flexibility index (Phi) is 6.77. The maximum absolute atomic E-state index is 11.6. The molecule has 4 nitrogen and oxygen atoms in total. The van der Waals surface area contributed by atoms with E-state index in [0.717, 1.165) is 45.8 Å². The molecule has 1 aromatic heterocycles. The van der Waals surface area contributed by atoms with Crippen molar-refractivity contribution in [3.63, 3.8) is 0 Å². The Morgan fingerprint density at radius 3 is 2.59 bits per heavy atom. The van der Waals surface area contributed by atoms with Crippen molar-refractivity contribution in [2.24, 2.45) is 0 Å². The van der Waals surface area contributed by atoms with Gasteiger partial charge in [-0.15, -0.1) is 0 Å². The third kappa shape index (κ3) is 5.16. The predicted molar refractivity (Wildman–Crippen MR) is 111 cm³/mol. The second kappa shape index (κ2) is 8.66. The van der Waals surface area contributed by atoms with Gasteiger partial charge in [0.1, 0.15) is 11.9 Å². The summed E-state index contributed by atoms with van der Waals surface area (Å²) in [6, 6.07) is 2.11. The van der Waals surface area contributed by atoms with Crippen LogP contribution in [-0.2, 0) is 17.8 Å². The van der Waals surface area contributed by atoms with Crippen LogP contribution in [0.5, 0.6) is 5.75 Å². The summed E-state index contributed by atoms with van der Waals surface area (Å²) < 4.78 is 8.21. The standard InChI is InChI=1S/C22H28ClNO3/c1-13(7-8-15(3)23)22-14(2)9-16(4)24-11-17(5)27-20(12-24)18(6)19(22)10-21(25)26/h7-9,12,17H,10-11H2,1-6H3,(H,25,26)/b13-7+,15-8+,16-9?,19-18?,22-14?. The molecule has 27 heavy (non-hydrogen) atoms. The van der Waals surface area contributed by atoms with E-state index in [4.69, 9.17) is 16.3 Å². The van der Waals surface area contributed by atoms with Crippen LogP contribution >= 0.6 is 11.6 Å². The number of hydrogen-bond donors (Lipinski definition) is 1. The fourth-order valence-electron chi connectivity index (χ4n) is 3.47. The van der Waals surface area contributed by atoms with Crippen molar-refractivity contribution in [1.82, 2.24) is 4.57 Å². The lowest BCUT2D eigenvalue weighted by Gasteiger charge is -2.24. The van der Waals surface area contributed by atoms with Crippen LogP contribution in [0.25, 0.3) is 5.57 Å². The van der Waals surface area contributed by atoms with Crippen molar-refractivity contribution in [3.05, 3.63) is 57.4 Å². The molecule has 2 rings (SSSR count). The van der Waals surface area contributed by atoms with Crippen LogP contribution in [-0.4, -0.2) is 21.7 Å². The Labute approximate surface area is 166 Å². The summed E-state index contributed by atoms with van der Waals surface area (Å²) in [5.41, 5.74) is 5.62. The normalized spacial score (nSPS) is 16.6. The van der Waals surface area contributed by atoms with E-state index in [2.05, 4.69) is 17.6 Å². The van der Waals surface area contributed by atoms with Gasteiger partial charge < -0.3 is 14.4 Å². The van der Waals surface area contributed by atoms with Gasteiger partial charge in [-0.1, -0.05) is 17.7 Å². The second-order valence-electron chi connectivity index (χ2n) is 7.20. The van der Waals surface area contributed by atoms with Gasteiger partial charge in [-0.3, -0.25) is 4.79 Å². The molecular formula is C22H28ClNO3. The van der Waals surface area contributed by atoms with Crippen molar-refractivity contribution in [3.8, 4) is 5.75 Å². The molecule has 0 aromatic carbocycles. The smallest absolute Gasteiger partial charge is 0.307 e. The Morgan fingerprint density at radius 1 is 1.33 bits per heavy atom. The Bertz CT molecular complexity index is 872. The summed E-state index contributed by atoms with van der Waals surface area (Å²) >= 11 is 5.99. The van der Waals surface area contributed by atoms with Gasteiger partial charge in [0.15, 0.2) is 0 Å². The number of aromatic nitrogens is 1. The number of hydrogen-bond acceptors (Lipinski definition) is 2. The van der Waals surface area contributed by atoms with Gasteiger partial charge in [-0.2, -0.15) is 0 Å². The van der Waals surface area contributed by atoms with Gasteiger partial charge in [-0.05, 0) is 81.5 Å². The van der Waals surface area contributed by atoms with Crippen LogP contribution < -0.4 is 4.74 Å². The first kappa shape index (κ1) is 21.1. The zero-order valence-corrected chi connectivity index (χ0v) is 17.6. The number of aryl methyl sites for hydroxylation is 2. The minimum Gasteiger partial charge on any atom is -0.487 e. The minimum atomic E-state index is -0.868. The Hall–Kier alpha value is -2.20. The molecular weight excluding hydrogens is 362 g/mol. The average Bonchev–Trinajstić information content (AvgIpc) is 2.58. The molecule has 1 aliphatic rings. The van der Waals surface area contributed by atoms with E-state index in [1.165, 1.54) is 0 Å². The van der Waals surface area contributed by atoms with E-state index in [1.54, 1.807) is 0 Å². The summed E-state index contributed by atoms with van der Waals surface area (Å²) in [6.07, 6.45) is 5.68. The molecule has 0 saturated heterocycles. The highest BCUT2D eigenvalue weighted by atomic mass is 35.5. The summed E-state index contributed by atoms with van der Waals surface area (Å²) in [5, 5.41) is 10.2.